The molecule has 0 aromatic carbocycles. The van der Waals surface area contributed by atoms with E-state index in [9.17, 15) is 0 Å². The molecule has 1 saturated heterocycles. The highest BCUT2D eigenvalue weighted by Crippen LogP contribution is 2.04. The summed E-state index contributed by atoms with van der Waals surface area (Å²) in [5.74, 6) is 7.48. The standard InChI is InChI=1S/C5H12N2O/c1-7(6)2-4-8-5-3-7/h6H,2-5H2,1H3. The fourth-order valence-corrected chi connectivity index (χ4v) is 0.746. The molecule has 3 nitrogen and oxygen atoms in total. The minimum Gasteiger partial charge on any atom is -0.468 e. The van der Waals surface area contributed by atoms with E-state index in [1.807, 2.05) is 7.05 Å². The number of quaternary nitrogens is 1. The third kappa shape index (κ3) is 1.43. The Morgan fingerprint density at radius 2 is 1.88 bits per heavy atom. The summed E-state index contributed by atoms with van der Waals surface area (Å²) in [6, 6.07) is 0. The number of morpholine rings is 1. The highest BCUT2D eigenvalue weighted by atomic mass is 16.5. The highest BCUT2D eigenvalue weighted by molar-refractivity contribution is 4.44. The van der Waals surface area contributed by atoms with Gasteiger partial charge in [-0.15, -0.1) is 0 Å². The molecule has 1 aliphatic rings. The van der Waals surface area contributed by atoms with Crippen molar-refractivity contribution in [1.29, 1.82) is 0 Å². The van der Waals surface area contributed by atoms with E-state index < -0.39 is 0 Å². The lowest BCUT2D eigenvalue weighted by molar-refractivity contribution is -0.869. The summed E-state index contributed by atoms with van der Waals surface area (Å²) in [7, 11) is 1.91. The lowest BCUT2D eigenvalue weighted by Gasteiger charge is -2.40. The molecule has 0 saturated carbocycles. The van der Waals surface area contributed by atoms with E-state index in [4.69, 9.17) is 10.6 Å². The van der Waals surface area contributed by atoms with Crippen molar-refractivity contribution < 1.29 is 9.33 Å². The van der Waals surface area contributed by atoms with Gasteiger partial charge in [0, 0.05) is 0 Å². The van der Waals surface area contributed by atoms with Crippen LogP contribution in [0.15, 0.2) is 0 Å². The molecule has 0 aliphatic carbocycles. The molecule has 0 aromatic rings. The molecule has 1 rings (SSSR count). The zero-order chi connectivity index (χ0) is 6.04. The molecule has 0 unspecified atom stereocenters. The van der Waals surface area contributed by atoms with Crippen LogP contribution in [0.3, 0.4) is 0 Å². The Labute approximate surface area is 49.6 Å². The van der Waals surface area contributed by atoms with Gasteiger partial charge in [0.25, 0.3) is 0 Å². The second-order valence-corrected chi connectivity index (χ2v) is 2.46. The van der Waals surface area contributed by atoms with Crippen LogP contribution in [0, 0.1) is 0 Å². The van der Waals surface area contributed by atoms with Crippen LogP contribution in [0.2, 0.25) is 0 Å². The van der Waals surface area contributed by atoms with Gasteiger partial charge in [0.1, 0.15) is 0 Å². The quantitative estimate of drug-likeness (QED) is 0.422. The SMILES string of the molecule is C[N+]1([NH-])CCOCC1. The Hall–Kier alpha value is -0.120. The van der Waals surface area contributed by atoms with Crippen LogP contribution in [0.4, 0.5) is 0 Å². The average Bonchev–Trinajstić information content (AvgIpc) is 1.65. The first-order valence-electron chi connectivity index (χ1n) is 2.88. The van der Waals surface area contributed by atoms with E-state index in [1.54, 1.807) is 0 Å². The Kier molecular flexibility index (Phi) is 1.51. The van der Waals surface area contributed by atoms with Crippen LogP contribution in [0.5, 0.6) is 0 Å². The first-order valence-corrected chi connectivity index (χ1v) is 2.88. The van der Waals surface area contributed by atoms with Gasteiger partial charge in [-0.3, -0.25) is 0 Å². The van der Waals surface area contributed by atoms with Crippen molar-refractivity contribution in [2.45, 2.75) is 0 Å². The van der Waals surface area contributed by atoms with Gasteiger partial charge in [-0.1, -0.05) is 0 Å². The molecule has 1 heterocycles. The molecule has 0 radical (unpaired) electrons. The molecule has 3 heteroatoms. The summed E-state index contributed by atoms with van der Waals surface area (Å²) in [5.41, 5.74) is 0. The van der Waals surface area contributed by atoms with E-state index >= 15 is 0 Å². The molecule has 1 N–H and O–H groups in total. The summed E-state index contributed by atoms with van der Waals surface area (Å²) in [4.78, 5) is 0. The first kappa shape index (κ1) is 6.01. The fourth-order valence-electron chi connectivity index (χ4n) is 0.746. The number of nitrogens with zero attached hydrogens (tertiary/aromatic N) is 1. The first-order chi connectivity index (χ1) is 3.71. The van der Waals surface area contributed by atoms with Crippen LogP contribution in [-0.4, -0.2) is 37.9 Å². The summed E-state index contributed by atoms with van der Waals surface area (Å²) in [5, 5.41) is 0. The van der Waals surface area contributed by atoms with E-state index in [-0.39, 0.29) is 0 Å². The molecule has 48 valence electrons. The maximum atomic E-state index is 7.48. The van der Waals surface area contributed by atoms with Crippen LogP contribution in [-0.2, 0) is 4.74 Å². The number of ether oxygens (including phenoxy) is 1. The van der Waals surface area contributed by atoms with Crippen LogP contribution in [0.1, 0.15) is 0 Å². The number of nitrogens with one attached hydrogen (secondary N) is 1. The molecular formula is C5H12N2O. The second-order valence-electron chi connectivity index (χ2n) is 2.46. The minimum atomic E-state index is 0.375. The van der Waals surface area contributed by atoms with Crippen LogP contribution in [0.25, 0.3) is 5.84 Å². The van der Waals surface area contributed by atoms with Gasteiger partial charge < -0.3 is 15.2 Å². The van der Waals surface area contributed by atoms with Gasteiger partial charge in [-0.25, -0.2) is 0 Å². The van der Waals surface area contributed by atoms with Crippen molar-refractivity contribution in [2.75, 3.05) is 33.4 Å². The average molecular weight is 116 g/mol. The lowest BCUT2D eigenvalue weighted by atomic mass is 10.4. The van der Waals surface area contributed by atoms with Crippen molar-refractivity contribution in [3.05, 3.63) is 5.84 Å². The topological polar surface area (TPSA) is 33.0 Å². The van der Waals surface area contributed by atoms with Crippen molar-refractivity contribution in [3.63, 3.8) is 0 Å². The van der Waals surface area contributed by atoms with Crippen LogP contribution < -0.4 is 0 Å². The third-order valence-corrected chi connectivity index (χ3v) is 1.46. The number of likely N-dealkylation sites (N-methyl/N-ethyl adjacent to an activating group) is 1. The molecule has 0 aromatic heterocycles. The predicted molar refractivity (Wildman–Crippen MR) is 31.1 cm³/mol. The van der Waals surface area contributed by atoms with Gasteiger partial charge in [-0.2, -0.15) is 0 Å². The molecule has 0 bridgehead atoms. The Morgan fingerprint density at radius 3 is 2.12 bits per heavy atom. The maximum Gasteiger partial charge on any atom is 0.0954 e. The summed E-state index contributed by atoms with van der Waals surface area (Å²) >= 11 is 0. The molecule has 8 heavy (non-hydrogen) atoms. The van der Waals surface area contributed by atoms with Gasteiger partial charge in [0.05, 0.1) is 33.4 Å². The molecule has 0 spiro atoms. The van der Waals surface area contributed by atoms with Gasteiger partial charge in [-0.05, 0) is 0 Å². The van der Waals surface area contributed by atoms with Crippen molar-refractivity contribution >= 4 is 0 Å². The molecule has 0 atom stereocenters. The van der Waals surface area contributed by atoms with Crippen molar-refractivity contribution in [2.24, 2.45) is 0 Å². The monoisotopic (exact) mass is 116 g/mol. The summed E-state index contributed by atoms with van der Waals surface area (Å²) in [6.07, 6.45) is 0. The smallest absolute Gasteiger partial charge is 0.0954 e. The van der Waals surface area contributed by atoms with Gasteiger partial charge in [0.2, 0.25) is 0 Å². The van der Waals surface area contributed by atoms with Crippen molar-refractivity contribution in [1.82, 2.24) is 0 Å². The number of rotatable bonds is 0. The zero-order valence-electron chi connectivity index (χ0n) is 5.18. The molecule has 1 fully saturated rings. The lowest BCUT2D eigenvalue weighted by Crippen LogP contribution is -2.45. The molecule has 0 amide bonds. The van der Waals surface area contributed by atoms with Gasteiger partial charge in [0.15, 0.2) is 0 Å². The molecular weight excluding hydrogens is 104 g/mol. The van der Waals surface area contributed by atoms with Crippen molar-refractivity contribution in [3.8, 4) is 0 Å². The van der Waals surface area contributed by atoms with Gasteiger partial charge >= 0.3 is 0 Å². The van der Waals surface area contributed by atoms with E-state index in [1.165, 1.54) is 0 Å². The third-order valence-electron chi connectivity index (χ3n) is 1.46. The normalized spacial score (nSPS) is 27.8. The summed E-state index contributed by atoms with van der Waals surface area (Å²) < 4.78 is 5.44. The predicted octanol–water partition coefficient (Wildman–Crippen LogP) is 0.430. The highest BCUT2D eigenvalue weighted by Gasteiger charge is 2.13. The summed E-state index contributed by atoms with van der Waals surface area (Å²) in [6.45, 7) is 3.17. The Bertz CT molecular complexity index is 74.5. The minimum absolute atomic E-state index is 0.375. The van der Waals surface area contributed by atoms with Crippen LogP contribution >= 0.6 is 0 Å². The fraction of sp³-hybridized carbons (Fsp3) is 1.00. The van der Waals surface area contributed by atoms with E-state index in [0.717, 1.165) is 26.3 Å². The zero-order valence-corrected chi connectivity index (χ0v) is 5.18. The second kappa shape index (κ2) is 2.01. The largest absolute Gasteiger partial charge is 0.468 e. The number of hydrogen-bond donors (Lipinski definition) is 0. The molecule has 1 aliphatic heterocycles. The Balaban J connectivity index is 2.33. The maximum absolute atomic E-state index is 7.48. The number of hydrogen-bond acceptors (Lipinski definition) is 1. The van der Waals surface area contributed by atoms with E-state index in [0.29, 0.717) is 4.59 Å². The van der Waals surface area contributed by atoms with E-state index in [2.05, 4.69) is 0 Å². The Morgan fingerprint density at radius 1 is 1.38 bits per heavy atom.